The third kappa shape index (κ3) is 3.51. The van der Waals surface area contributed by atoms with Gasteiger partial charge in [0.1, 0.15) is 10.6 Å². The lowest BCUT2D eigenvalue weighted by Gasteiger charge is -2.20. The van der Waals surface area contributed by atoms with E-state index in [1.165, 1.54) is 17.8 Å². The SMILES string of the molecule is Cc1ccc(-c2csc(NC(=O)C3CCCCC3)c2C(=O)O)cc1. The molecule has 1 aliphatic rings. The number of carbonyl (C=O) groups excluding carboxylic acids is 1. The number of benzene rings is 1. The second-order valence-electron chi connectivity index (χ2n) is 6.35. The Hall–Kier alpha value is -2.14. The Kier molecular flexibility index (Phi) is 5.00. The predicted octanol–water partition coefficient (Wildman–Crippen LogP) is 4.94. The monoisotopic (exact) mass is 343 g/mol. The Bertz CT molecular complexity index is 742. The van der Waals surface area contributed by atoms with E-state index in [1.807, 2.05) is 36.6 Å². The van der Waals surface area contributed by atoms with Gasteiger partial charge >= 0.3 is 5.97 Å². The van der Waals surface area contributed by atoms with Crippen molar-refractivity contribution in [2.45, 2.75) is 39.0 Å². The number of hydrogen-bond donors (Lipinski definition) is 2. The summed E-state index contributed by atoms with van der Waals surface area (Å²) in [6.45, 7) is 1.99. The van der Waals surface area contributed by atoms with Crippen LogP contribution < -0.4 is 5.32 Å². The first kappa shape index (κ1) is 16.7. The van der Waals surface area contributed by atoms with E-state index in [-0.39, 0.29) is 17.4 Å². The highest BCUT2D eigenvalue weighted by atomic mass is 32.1. The van der Waals surface area contributed by atoms with E-state index in [0.717, 1.165) is 36.8 Å². The van der Waals surface area contributed by atoms with Crippen LogP contribution in [0.2, 0.25) is 0 Å². The van der Waals surface area contributed by atoms with Crippen LogP contribution in [0.3, 0.4) is 0 Å². The molecule has 1 fully saturated rings. The van der Waals surface area contributed by atoms with Gasteiger partial charge in [0.25, 0.3) is 0 Å². The number of amides is 1. The van der Waals surface area contributed by atoms with E-state index in [0.29, 0.717) is 10.6 Å². The van der Waals surface area contributed by atoms with E-state index in [4.69, 9.17) is 0 Å². The maximum absolute atomic E-state index is 12.4. The second kappa shape index (κ2) is 7.18. The van der Waals surface area contributed by atoms with Gasteiger partial charge in [-0.3, -0.25) is 4.79 Å². The second-order valence-corrected chi connectivity index (χ2v) is 7.23. The van der Waals surface area contributed by atoms with Gasteiger partial charge in [-0.15, -0.1) is 11.3 Å². The van der Waals surface area contributed by atoms with E-state index in [9.17, 15) is 14.7 Å². The van der Waals surface area contributed by atoms with Crippen molar-refractivity contribution in [2.75, 3.05) is 5.32 Å². The van der Waals surface area contributed by atoms with Crippen LogP contribution in [0.5, 0.6) is 0 Å². The highest BCUT2D eigenvalue weighted by Crippen LogP contribution is 2.36. The van der Waals surface area contributed by atoms with Crippen LogP contribution in [0.15, 0.2) is 29.6 Å². The summed E-state index contributed by atoms with van der Waals surface area (Å²) in [7, 11) is 0. The lowest BCUT2D eigenvalue weighted by atomic mass is 9.88. The highest BCUT2D eigenvalue weighted by molar-refractivity contribution is 7.15. The lowest BCUT2D eigenvalue weighted by molar-refractivity contribution is -0.120. The molecule has 1 aliphatic carbocycles. The summed E-state index contributed by atoms with van der Waals surface area (Å²) >= 11 is 1.28. The fraction of sp³-hybridized carbons (Fsp3) is 0.368. The van der Waals surface area contributed by atoms with Crippen LogP contribution >= 0.6 is 11.3 Å². The van der Waals surface area contributed by atoms with Gasteiger partial charge in [0.15, 0.2) is 0 Å². The molecule has 5 heteroatoms. The van der Waals surface area contributed by atoms with Crippen molar-refractivity contribution >= 4 is 28.2 Å². The van der Waals surface area contributed by atoms with Gasteiger partial charge in [0.05, 0.1) is 0 Å². The van der Waals surface area contributed by atoms with Crippen LogP contribution in [0.4, 0.5) is 5.00 Å². The third-order valence-electron chi connectivity index (χ3n) is 4.58. The van der Waals surface area contributed by atoms with Gasteiger partial charge in [0, 0.05) is 16.9 Å². The zero-order valence-corrected chi connectivity index (χ0v) is 14.5. The zero-order valence-electron chi connectivity index (χ0n) is 13.7. The number of thiophene rings is 1. The average Bonchev–Trinajstić information content (AvgIpc) is 3.00. The van der Waals surface area contributed by atoms with Crippen LogP contribution in [0, 0.1) is 12.8 Å². The van der Waals surface area contributed by atoms with Crippen LogP contribution in [-0.2, 0) is 4.79 Å². The molecule has 0 unspecified atom stereocenters. The van der Waals surface area contributed by atoms with Crippen molar-refractivity contribution in [3.8, 4) is 11.1 Å². The largest absolute Gasteiger partial charge is 0.478 e. The fourth-order valence-corrected chi connectivity index (χ4v) is 4.15. The third-order valence-corrected chi connectivity index (χ3v) is 5.48. The topological polar surface area (TPSA) is 66.4 Å². The summed E-state index contributed by atoms with van der Waals surface area (Å²) < 4.78 is 0. The molecule has 24 heavy (non-hydrogen) atoms. The summed E-state index contributed by atoms with van der Waals surface area (Å²) in [6.07, 6.45) is 5.11. The van der Waals surface area contributed by atoms with Gasteiger partial charge < -0.3 is 10.4 Å². The molecule has 2 N–H and O–H groups in total. The Labute approximate surface area is 145 Å². The van der Waals surface area contributed by atoms with Crippen LogP contribution in [0.1, 0.15) is 48.0 Å². The first-order valence-electron chi connectivity index (χ1n) is 8.29. The van der Waals surface area contributed by atoms with Gasteiger partial charge in [-0.05, 0) is 25.3 Å². The van der Waals surface area contributed by atoms with E-state index in [1.54, 1.807) is 0 Å². The molecule has 1 aromatic carbocycles. The number of carboxylic acids is 1. The highest BCUT2D eigenvalue weighted by Gasteiger charge is 2.25. The summed E-state index contributed by atoms with van der Waals surface area (Å²) in [6, 6.07) is 7.74. The Balaban J connectivity index is 1.87. The molecule has 4 nitrogen and oxygen atoms in total. The first-order chi connectivity index (χ1) is 11.6. The number of anilines is 1. The summed E-state index contributed by atoms with van der Waals surface area (Å²) in [4.78, 5) is 24.2. The van der Waals surface area contributed by atoms with Crippen molar-refractivity contribution < 1.29 is 14.7 Å². The minimum atomic E-state index is -1.01. The molecule has 0 atom stereocenters. The number of carbonyl (C=O) groups is 2. The molecule has 0 spiro atoms. The van der Waals surface area contributed by atoms with E-state index < -0.39 is 5.97 Å². The molecule has 2 aromatic rings. The molecule has 0 radical (unpaired) electrons. The molecular weight excluding hydrogens is 322 g/mol. The van der Waals surface area contributed by atoms with Crippen molar-refractivity contribution in [1.82, 2.24) is 0 Å². The fourth-order valence-electron chi connectivity index (χ4n) is 3.19. The molecule has 0 bridgehead atoms. The van der Waals surface area contributed by atoms with Gasteiger partial charge in [-0.2, -0.15) is 0 Å². The average molecular weight is 343 g/mol. The van der Waals surface area contributed by atoms with E-state index in [2.05, 4.69) is 5.32 Å². The Morgan fingerprint density at radius 3 is 2.42 bits per heavy atom. The first-order valence-corrected chi connectivity index (χ1v) is 9.17. The van der Waals surface area contributed by atoms with E-state index >= 15 is 0 Å². The van der Waals surface area contributed by atoms with Gasteiger partial charge in [-0.25, -0.2) is 4.79 Å². The molecule has 1 saturated carbocycles. The standard InChI is InChI=1S/C19H21NO3S/c1-12-7-9-13(10-8-12)15-11-24-18(16(15)19(22)23)20-17(21)14-5-3-2-4-6-14/h7-11,14H,2-6H2,1H3,(H,20,21)(H,22,23). The summed E-state index contributed by atoms with van der Waals surface area (Å²) in [5.41, 5.74) is 2.82. The lowest BCUT2D eigenvalue weighted by Crippen LogP contribution is -2.25. The predicted molar refractivity (Wildman–Crippen MR) is 96.7 cm³/mol. The summed E-state index contributed by atoms with van der Waals surface area (Å²) in [5, 5.41) is 14.7. The normalized spacial score (nSPS) is 15.2. The number of aromatic carboxylic acids is 1. The minimum Gasteiger partial charge on any atom is -0.478 e. The Morgan fingerprint density at radius 1 is 1.12 bits per heavy atom. The van der Waals surface area contributed by atoms with Crippen LogP contribution in [-0.4, -0.2) is 17.0 Å². The maximum Gasteiger partial charge on any atom is 0.339 e. The maximum atomic E-state index is 12.4. The zero-order chi connectivity index (χ0) is 17.1. The summed E-state index contributed by atoms with van der Waals surface area (Å²) in [5.74, 6) is -1.05. The molecule has 0 aliphatic heterocycles. The van der Waals surface area contributed by atoms with Crippen molar-refractivity contribution in [1.29, 1.82) is 0 Å². The molecular formula is C19H21NO3S. The quantitative estimate of drug-likeness (QED) is 0.826. The van der Waals surface area contributed by atoms with Crippen LogP contribution in [0.25, 0.3) is 11.1 Å². The molecule has 1 heterocycles. The number of hydrogen-bond acceptors (Lipinski definition) is 3. The van der Waals surface area contributed by atoms with Crippen molar-refractivity contribution in [3.63, 3.8) is 0 Å². The number of aryl methyl sites for hydroxylation is 1. The minimum absolute atomic E-state index is 0.00493. The number of nitrogens with one attached hydrogen (secondary N) is 1. The number of carboxylic acid groups (broad SMARTS) is 1. The smallest absolute Gasteiger partial charge is 0.339 e. The van der Waals surface area contributed by atoms with Crippen molar-refractivity contribution in [3.05, 3.63) is 40.8 Å². The molecule has 1 amide bonds. The number of rotatable bonds is 4. The molecule has 126 valence electrons. The van der Waals surface area contributed by atoms with Gasteiger partial charge in [0.2, 0.25) is 5.91 Å². The molecule has 0 saturated heterocycles. The van der Waals surface area contributed by atoms with Gasteiger partial charge in [-0.1, -0.05) is 49.1 Å². The Morgan fingerprint density at radius 2 is 1.79 bits per heavy atom. The molecule has 1 aromatic heterocycles. The van der Waals surface area contributed by atoms with Crippen molar-refractivity contribution in [2.24, 2.45) is 5.92 Å². The molecule has 3 rings (SSSR count).